The van der Waals surface area contributed by atoms with Gasteiger partial charge in [-0.05, 0) is 47.9 Å². The van der Waals surface area contributed by atoms with Gasteiger partial charge in [0.1, 0.15) is 11.6 Å². The Morgan fingerprint density at radius 2 is 1.75 bits per heavy atom. The van der Waals surface area contributed by atoms with Crippen LogP contribution in [-0.2, 0) is 13.1 Å². The first kappa shape index (κ1) is 19.4. The molecule has 1 aromatic heterocycles. The Hall–Kier alpha value is -3.41. The predicted octanol–water partition coefficient (Wildman–Crippen LogP) is 4.19. The minimum absolute atomic E-state index is 0.300. The highest BCUT2D eigenvalue weighted by atomic mass is 19.1. The topological polar surface area (TPSA) is 58.5 Å². The van der Waals surface area contributed by atoms with E-state index in [4.69, 9.17) is 4.74 Å². The number of ether oxygens (including phenoxy) is 1. The van der Waals surface area contributed by atoms with Crippen molar-refractivity contribution in [1.29, 1.82) is 0 Å². The van der Waals surface area contributed by atoms with Crippen molar-refractivity contribution in [3.05, 3.63) is 89.4 Å². The summed E-state index contributed by atoms with van der Waals surface area (Å²) in [4.78, 5) is 8.54. The number of hydrogen-bond acceptors (Lipinski definition) is 3. The monoisotopic (exact) mass is 378 g/mol. The molecule has 28 heavy (non-hydrogen) atoms. The lowest BCUT2D eigenvalue weighted by Crippen LogP contribution is -2.36. The van der Waals surface area contributed by atoms with Crippen LogP contribution in [0.1, 0.15) is 16.7 Å². The molecule has 0 spiro atoms. The fourth-order valence-corrected chi connectivity index (χ4v) is 2.59. The first-order valence-corrected chi connectivity index (χ1v) is 9.01. The van der Waals surface area contributed by atoms with Crippen LogP contribution in [0.25, 0.3) is 0 Å². The lowest BCUT2D eigenvalue weighted by Gasteiger charge is -2.13. The number of nitrogens with one attached hydrogen (secondary N) is 2. The van der Waals surface area contributed by atoms with E-state index >= 15 is 0 Å². The highest BCUT2D eigenvalue weighted by Crippen LogP contribution is 2.19. The molecule has 0 bridgehead atoms. The Balaban J connectivity index is 1.50. The van der Waals surface area contributed by atoms with Crippen LogP contribution in [-0.4, -0.2) is 18.0 Å². The van der Waals surface area contributed by atoms with Crippen molar-refractivity contribution in [3.63, 3.8) is 0 Å². The van der Waals surface area contributed by atoms with Gasteiger partial charge in [-0.15, -0.1) is 0 Å². The van der Waals surface area contributed by atoms with Crippen LogP contribution in [0.3, 0.4) is 0 Å². The van der Waals surface area contributed by atoms with Crippen molar-refractivity contribution in [2.45, 2.75) is 20.0 Å². The number of halogens is 1. The highest BCUT2D eigenvalue weighted by molar-refractivity contribution is 5.79. The van der Waals surface area contributed by atoms with Gasteiger partial charge in [-0.25, -0.2) is 9.37 Å². The smallest absolute Gasteiger partial charge is 0.219 e. The third-order valence-corrected chi connectivity index (χ3v) is 4.22. The first-order valence-electron chi connectivity index (χ1n) is 9.01. The molecule has 0 aliphatic rings. The average molecular weight is 378 g/mol. The van der Waals surface area contributed by atoms with Gasteiger partial charge in [0.2, 0.25) is 5.88 Å². The van der Waals surface area contributed by atoms with Crippen LogP contribution in [0.4, 0.5) is 4.39 Å². The van der Waals surface area contributed by atoms with E-state index in [1.165, 1.54) is 23.3 Å². The molecule has 0 unspecified atom stereocenters. The number of pyridine rings is 1. The average Bonchev–Trinajstić information content (AvgIpc) is 2.72. The molecular weight excluding hydrogens is 355 g/mol. The number of hydrogen-bond donors (Lipinski definition) is 2. The van der Waals surface area contributed by atoms with Gasteiger partial charge in [0.15, 0.2) is 5.96 Å². The molecule has 0 amide bonds. The molecule has 0 aliphatic heterocycles. The van der Waals surface area contributed by atoms with Gasteiger partial charge in [-0.2, -0.15) is 0 Å². The summed E-state index contributed by atoms with van der Waals surface area (Å²) < 4.78 is 18.5. The number of aryl methyl sites for hydroxylation is 1. The summed E-state index contributed by atoms with van der Waals surface area (Å²) in [5.74, 6) is 1.42. The molecule has 2 aromatic carbocycles. The van der Waals surface area contributed by atoms with E-state index in [1.54, 1.807) is 31.4 Å². The van der Waals surface area contributed by atoms with Crippen LogP contribution >= 0.6 is 0 Å². The molecule has 0 aliphatic carbocycles. The second kappa shape index (κ2) is 9.50. The Kier molecular flexibility index (Phi) is 6.57. The number of benzene rings is 2. The van der Waals surface area contributed by atoms with E-state index in [1.807, 2.05) is 18.2 Å². The van der Waals surface area contributed by atoms with Crippen molar-refractivity contribution in [2.75, 3.05) is 7.05 Å². The van der Waals surface area contributed by atoms with Crippen molar-refractivity contribution < 1.29 is 9.13 Å². The Morgan fingerprint density at radius 3 is 2.43 bits per heavy atom. The maximum Gasteiger partial charge on any atom is 0.219 e. The maximum atomic E-state index is 12.9. The second-order valence-electron chi connectivity index (χ2n) is 6.27. The van der Waals surface area contributed by atoms with E-state index in [2.05, 4.69) is 39.7 Å². The molecule has 2 N–H and O–H groups in total. The minimum Gasteiger partial charge on any atom is -0.439 e. The summed E-state index contributed by atoms with van der Waals surface area (Å²) >= 11 is 0. The summed E-state index contributed by atoms with van der Waals surface area (Å²) in [6.07, 6.45) is 1.74. The molecule has 0 saturated heterocycles. The number of nitrogens with zero attached hydrogens (tertiary/aromatic N) is 2. The van der Waals surface area contributed by atoms with Gasteiger partial charge in [0.05, 0.1) is 0 Å². The molecule has 3 aromatic rings. The largest absolute Gasteiger partial charge is 0.439 e. The standard InChI is InChI=1S/C22H23FN4O/c1-16-5-3-4-6-18(16)15-27-22(24-2)26-14-17-7-12-21(25-13-17)28-20-10-8-19(23)9-11-20/h3-13H,14-15H2,1-2H3,(H2,24,26,27). The van der Waals surface area contributed by atoms with Gasteiger partial charge in [0, 0.05) is 32.4 Å². The Morgan fingerprint density at radius 1 is 1.00 bits per heavy atom. The van der Waals surface area contributed by atoms with Gasteiger partial charge in [-0.1, -0.05) is 30.3 Å². The Labute approximate surface area is 164 Å². The summed E-state index contributed by atoms with van der Waals surface area (Å²) in [5, 5.41) is 6.58. The van der Waals surface area contributed by atoms with Crippen LogP contribution in [0.2, 0.25) is 0 Å². The van der Waals surface area contributed by atoms with Crippen LogP contribution in [0.5, 0.6) is 11.6 Å². The van der Waals surface area contributed by atoms with E-state index in [-0.39, 0.29) is 5.82 Å². The summed E-state index contributed by atoms with van der Waals surface area (Å²) in [7, 11) is 1.74. The summed E-state index contributed by atoms with van der Waals surface area (Å²) in [6.45, 7) is 3.38. The number of guanidine groups is 1. The third-order valence-electron chi connectivity index (χ3n) is 4.22. The van der Waals surface area contributed by atoms with Crippen LogP contribution in [0.15, 0.2) is 71.9 Å². The van der Waals surface area contributed by atoms with Gasteiger partial charge < -0.3 is 15.4 Å². The molecule has 0 saturated carbocycles. The summed E-state index contributed by atoms with van der Waals surface area (Å²) in [5.41, 5.74) is 3.46. The normalized spacial score (nSPS) is 11.2. The van der Waals surface area contributed by atoms with E-state index in [0.717, 1.165) is 11.5 Å². The van der Waals surface area contributed by atoms with E-state index < -0.39 is 0 Å². The molecular formula is C22H23FN4O. The van der Waals surface area contributed by atoms with Gasteiger partial charge in [-0.3, -0.25) is 4.99 Å². The fraction of sp³-hybridized carbons (Fsp3) is 0.182. The molecule has 5 nitrogen and oxygen atoms in total. The predicted molar refractivity (Wildman–Crippen MR) is 109 cm³/mol. The molecule has 144 valence electrons. The van der Waals surface area contributed by atoms with Crippen LogP contribution in [0, 0.1) is 12.7 Å². The lowest BCUT2D eigenvalue weighted by molar-refractivity contribution is 0.461. The highest BCUT2D eigenvalue weighted by Gasteiger charge is 2.03. The number of rotatable bonds is 6. The number of aromatic nitrogens is 1. The maximum absolute atomic E-state index is 12.9. The molecule has 1 heterocycles. The fourth-order valence-electron chi connectivity index (χ4n) is 2.59. The van der Waals surface area contributed by atoms with Crippen molar-refractivity contribution in [3.8, 4) is 11.6 Å². The molecule has 0 atom stereocenters. The van der Waals surface area contributed by atoms with E-state index in [9.17, 15) is 4.39 Å². The Bertz CT molecular complexity index is 924. The zero-order valence-electron chi connectivity index (χ0n) is 15.9. The second-order valence-corrected chi connectivity index (χ2v) is 6.27. The van der Waals surface area contributed by atoms with Crippen molar-refractivity contribution in [2.24, 2.45) is 4.99 Å². The molecule has 0 radical (unpaired) electrons. The van der Waals surface area contributed by atoms with Gasteiger partial charge >= 0.3 is 0 Å². The lowest BCUT2D eigenvalue weighted by atomic mass is 10.1. The van der Waals surface area contributed by atoms with Gasteiger partial charge in [0.25, 0.3) is 0 Å². The van der Waals surface area contributed by atoms with Crippen molar-refractivity contribution in [1.82, 2.24) is 15.6 Å². The zero-order chi connectivity index (χ0) is 19.8. The van der Waals surface area contributed by atoms with Crippen LogP contribution < -0.4 is 15.4 Å². The quantitative estimate of drug-likeness (QED) is 0.499. The number of aliphatic imine (C=N–C) groups is 1. The summed E-state index contributed by atoms with van der Waals surface area (Å²) in [6, 6.07) is 17.8. The first-order chi connectivity index (χ1) is 13.6. The third kappa shape index (κ3) is 5.54. The minimum atomic E-state index is -0.300. The zero-order valence-corrected chi connectivity index (χ0v) is 15.9. The molecule has 0 fully saturated rings. The SMILES string of the molecule is CN=C(NCc1ccc(Oc2ccc(F)cc2)nc1)NCc1ccccc1C. The van der Waals surface area contributed by atoms with E-state index in [0.29, 0.717) is 24.7 Å². The molecule has 3 rings (SSSR count). The molecule has 6 heteroatoms. The van der Waals surface area contributed by atoms with Crippen molar-refractivity contribution >= 4 is 5.96 Å².